The Morgan fingerprint density at radius 2 is 0.979 bits per heavy atom. The van der Waals surface area contributed by atoms with Crippen molar-refractivity contribution in [2.24, 2.45) is 0 Å². The zero-order chi connectivity index (χ0) is 30.9. The van der Waals surface area contributed by atoms with Crippen molar-refractivity contribution in [3.63, 3.8) is 0 Å². The molecule has 3 heterocycles. The molecule has 0 aliphatic rings. The van der Waals surface area contributed by atoms with Gasteiger partial charge >= 0.3 is 0 Å². The molecule has 0 saturated heterocycles. The third-order valence-electron chi connectivity index (χ3n) is 9.46. The second-order valence-corrected chi connectivity index (χ2v) is 13.2. The molecule has 218 valence electrons. The van der Waals surface area contributed by atoms with Crippen LogP contribution in [0.1, 0.15) is 0 Å². The molecule has 0 saturated carbocycles. The molecule has 0 aliphatic heterocycles. The highest BCUT2D eigenvalue weighted by molar-refractivity contribution is 7.26. The summed E-state index contributed by atoms with van der Waals surface area (Å²) < 4.78 is 2.67. The van der Waals surface area contributed by atoms with Gasteiger partial charge in [0.2, 0.25) is 0 Å². The highest BCUT2D eigenvalue weighted by Gasteiger charge is 2.14. The van der Waals surface area contributed by atoms with Gasteiger partial charge in [0.1, 0.15) is 0 Å². The monoisotopic (exact) mass is 614 g/mol. The van der Waals surface area contributed by atoms with Gasteiger partial charge in [-0.05, 0) is 63.0 Å². The predicted molar refractivity (Wildman–Crippen MR) is 201 cm³/mol. The van der Waals surface area contributed by atoms with Crippen LogP contribution in [0, 0.1) is 0 Å². The lowest BCUT2D eigenvalue weighted by molar-refractivity contribution is 1.37. The highest BCUT2D eigenvalue weighted by atomic mass is 32.1. The number of hydrogen-bond acceptors (Lipinski definition) is 3. The van der Waals surface area contributed by atoms with Gasteiger partial charge in [0.15, 0.2) is 0 Å². The molecule has 7 aromatic carbocycles. The molecule has 10 aromatic rings. The average Bonchev–Trinajstić information content (AvgIpc) is 3.53. The number of hydrogen-bond donors (Lipinski definition) is 0. The van der Waals surface area contributed by atoms with Gasteiger partial charge in [-0.25, -0.2) is 9.97 Å². The first-order valence-corrected chi connectivity index (χ1v) is 16.7. The maximum absolute atomic E-state index is 5.29. The van der Waals surface area contributed by atoms with Crippen LogP contribution >= 0.6 is 11.3 Å². The molecule has 47 heavy (non-hydrogen) atoms. The SMILES string of the molecule is c1ccc(-c2ccc3ccc4ccc(-c5ccc(-c6ccc7c(ccc8sc9ccccc9c87)c6)c6ccccc56)nc4c3n2)cc1. The van der Waals surface area contributed by atoms with Crippen molar-refractivity contribution in [3.05, 3.63) is 158 Å². The summed E-state index contributed by atoms with van der Waals surface area (Å²) in [6, 6.07) is 56.6. The van der Waals surface area contributed by atoms with Gasteiger partial charge in [-0.3, -0.25) is 0 Å². The van der Waals surface area contributed by atoms with E-state index in [2.05, 4.69) is 152 Å². The molecule has 0 atom stereocenters. The van der Waals surface area contributed by atoms with Crippen LogP contribution < -0.4 is 0 Å². The van der Waals surface area contributed by atoms with E-state index in [0.29, 0.717) is 0 Å². The van der Waals surface area contributed by atoms with Crippen LogP contribution in [0.4, 0.5) is 0 Å². The summed E-state index contributed by atoms with van der Waals surface area (Å²) in [5, 5.41) is 9.84. The topological polar surface area (TPSA) is 25.8 Å². The third-order valence-corrected chi connectivity index (χ3v) is 10.6. The van der Waals surface area contributed by atoms with Gasteiger partial charge in [0.25, 0.3) is 0 Å². The molecule has 0 radical (unpaired) electrons. The quantitative estimate of drug-likeness (QED) is 0.185. The number of fused-ring (bicyclic) bond motifs is 9. The van der Waals surface area contributed by atoms with Crippen molar-refractivity contribution >= 4 is 74.9 Å². The summed E-state index contributed by atoms with van der Waals surface area (Å²) in [4.78, 5) is 10.4. The van der Waals surface area contributed by atoms with E-state index in [4.69, 9.17) is 9.97 Å². The maximum atomic E-state index is 5.29. The van der Waals surface area contributed by atoms with Crippen molar-refractivity contribution in [1.29, 1.82) is 0 Å². The van der Waals surface area contributed by atoms with Crippen LogP contribution in [0.5, 0.6) is 0 Å². The minimum atomic E-state index is 0.924. The number of pyridine rings is 2. The minimum absolute atomic E-state index is 0.924. The predicted octanol–water partition coefficient (Wildman–Crippen LogP) is 12.5. The number of aromatic nitrogens is 2. The molecule has 0 amide bonds. The Morgan fingerprint density at radius 3 is 1.79 bits per heavy atom. The van der Waals surface area contributed by atoms with Gasteiger partial charge in [-0.2, -0.15) is 0 Å². The zero-order valence-corrected chi connectivity index (χ0v) is 26.1. The Hall–Kier alpha value is -5.90. The van der Waals surface area contributed by atoms with Crippen molar-refractivity contribution in [2.45, 2.75) is 0 Å². The van der Waals surface area contributed by atoms with E-state index in [9.17, 15) is 0 Å². The van der Waals surface area contributed by atoms with E-state index in [0.717, 1.165) is 44.3 Å². The standard InChI is InChI=1S/C44H26N2S/c1-2-8-27(9-3-1)38-23-17-28-14-15-29-18-24-39(46-44(29)43(28)45-38)36-22-21-32(34-10-4-5-11-35(34)36)30-16-20-33-31(26-30)19-25-41-42(33)37-12-6-7-13-40(37)47-41/h1-26H. The van der Waals surface area contributed by atoms with Gasteiger partial charge in [-0.15, -0.1) is 11.3 Å². The first-order chi connectivity index (χ1) is 23.3. The van der Waals surface area contributed by atoms with Crippen LogP contribution in [-0.2, 0) is 0 Å². The number of benzene rings is 7. The number of thiophene rings is 1. The van der Waals surface area contributed by atoms with Crippen LogP contribution in [0.25, 0.3) is 97.2 Å². The minimum Gasteiger partial charge on any atom is -0.245 e. The lowest BCUT2D eigenvalue weighted by Gasteiger charge is -2.13. The Labute approximate surface area is 275 Å². The summed E-state index contributed by atoms with van der Waals surface area (Å²) in [5.74, 6) is 0. The Balaban J connectivity index is 1.13. The highest BCUT2D eigenvalue weighted by Crippen LogP contribution is 2.41. The maximum Gasteiger partial charge on any atom is 0.0972 e. The summed E-state index contributed by atoms with van der Waals surface area (Å²) in [6.07, 6.45) is 0. The van der Waals surface area contributed by atoms with Gasteiger partial charge in [0.05, 0.1) is 22.4 Å². The molecule has 0 spiro atoms. The molecule has 3 aromatic heterocycles. The van der Waals surface area contributed by atoms with Crippen LogP contribution in [-0.4, -0.2) is 9.97 Å². The molecule has 0 N–H and O–H groups in total. The zero-order valence-electron chi connectivity index (χ0n) is 25.3. The summed E-state index contributed by atoms with van der Waals surface area (Å²) in [7, 11) is 0. The van der Waals surface area contributed by atoms with E-state index in [-0.39, 0.29) is 0 Å². The van der Waals surface area contributed by atoms with Gasteiger partial charge < -0.3 is 0 Å². The van der Waals surface area contributed by atoms with E-state index in [1.807, 2.05) is 17.4 Å². The molecule has 10 rings (SSSR count). The summed E-state index contributed by atoms with van der Waals surface area (Å²) >= 11 is 1.87. The first kappa shape index (κ1) is 26.3. The fourth-order valence-electron chi connectivity index (χ4n) is 7.18. The molecule has 0 unspecified atom stereocenters. The van der Waals surface area contributed by atoms with Crippen LogP contribution in [0.15, 0.2) is 158 Å². The van der Waals surface area contributed by atoms with Gasteiger partial charge in [-0.1, -0.05) is 127 Å². The van der Waals surface area contributed by atoms with E-state index in [1.165, 1.54) is 52.8 Å². The Kier molecular flexibility index (Phi) is 5.78. The second kappa shape index (κ2) is 10.3. The molecular weight excluding hydrogens is 589 g/mol. The Bertz CT molecular complexity index is 2850. The largest absolute Gasteiger partial charge is 0.245 e. The van der Waals surface area contributed by atoms with E-state index in [1.54, 1.807) is 0 Å². The lowest BCUT2D eigenvalue weighted by Crippen LogP contribution is -1.92. The molecule has 0 aliphatic carbocycles. The van der Waals surface area contributed by atoms with Crippen molar-refractivity contribution in [1.82, 2.24) is 9.97 Å². The fourth-order valence-corrected chi connectivity index (χ4v) is 8.30. The normalized spacial score (nSPS) is 11.8. The van der Waals surface area contributed by atoms with Crippen LogP contribution in [0.2, 0.25) is 0 Å². The summed E-state index contributed by atoms with van der Waals surface area (Å²) in [5.41, 5.74) is 8.42. The average molecular weight is 615 g/mol. The molecule has 2 nitrogen and oxygen atoms in total. The third kappa shape index (κ3) is 4.17. The van der Waals surface area contributed by atoms with E-state index < -0.39 is 0 Å². The van der Waals surface area contributed by atoms with Crippen molar-refractivity contribution in [2.75, 3.05) is 0 Å². The smallest absolute Gasteiger partial charge is 0.0972 e. The summed E-state index contributed by atoms with van der Waals surface area (Å²) in [6.45, 7) is 0. The van der Waals surface area contributed by atoms with Crippen molar-refractivity contribution < 1.29 is 0 Å². The number of rotatable bonds is 3. The molecular formula is C44H26N2S. The molecule has 3 heteroatoms. The second-order valence-electron chi connectivity index (χ2n) is 12.1. The molecule has 0 bridgehead atoms. The van der Waals surface area contributed by atoms with Crippen LogP contribution in [0.3, 0.4) is 0 Å². The number of nitrogens with zero attached hydrogens (tertiary/aromatic N) is 2. The molecule has 0 fully saturated rings. The van der Waals surface area contributed by atoms with Crippen molar-refractivity contribution in [3.8, 4) is 33.6 Å². The fraction of sp³-hybridized carbons (Fsp3) is 0. The van der Waals surface area contributed by atoms with E-state index >= 15 is 0 Å². The Morgan fingerprint density at radius 1 is 0.362 bits per heavy atom. The lowest BCUT2D eigenvalue weighted by atomic mass is 9.92. The first-order valence-electron chi connectivity index (χ1n) is 15.9. The van der Waals surface area contributed by atoms with Gasteiger partial charge in [0, 0.05) is 42.1 Å².